The Morgan fingerprint density at radius 2 is 2.08 bits per heavy atom. The molecule has 0 radical (unpaired) electrons. The van der Waals surface area contributed by atoms with Crippen molar-refractivity contribution in [2.45, 2.75) is 6.92 Å². The predicted molar refractivity (Wildman–Crippen MR) is 45.5 cm³/mol. The second kappa shape index (κ2) is 4.90. The van der Waals surface area contributed by atoms with Crippen LogP contribution in [0, 0.1) is 5.41 Å². The summed E-state index contributed by atoms with van der Waals surface area (Å²) < 4.78 is 0. The van der Waals surface area contributed by atoms with Crippen LogP contribution in [0.25, 0.3) is 0 Å². The lowest BCUT2D eigenvalue weighted by molar-refractivity contribution is -0.134. The van der Waals surface area contributed by atoms with E-state index in [9.17, 15) is 4.79 Å². The first-order valence-corrected chi connectivity index (χ1v) is 3.71. The molecule has 0 aromatic heterocycles. The average Bonchev–Trinajstić information content (AvgIpc) is 2.12. The Morgan fingerprint density at radius 3 is 2.42 bits per heavy atom. The molecule has 0 saturated carbocycles. The molecule has 1 amide bonds. The highest BCUT2D eigenvalue weighted by atomic mass is 16.3. The predicted octanol–water partition coefficient (Wildman–Crippen LogP) is -0.720. The van der Waals surface area contributed by atoms with E-state index >= 15 is 0 Å². The van der Waals surface area contributed by atoms with Crippen LogP contribution in [0.5, 0.6) is 0 Å². The van der Waals surface area contributed by atoms with Gasteiger partial charge in [0.25, 0.3) is 0 Å². The smallest absolute Gasteiger partial charge is 0.230 e. The summed E-state index contributed by atoms with van der Waals surface area (Å²) in [6.07, 6.45) is 1.53. The van der Waals surface area contributed by atoms with Gasteiger partial charge in [-0.2, -0.15) is 0 Å². The lowest BCUT2D eigenvalue weighted by Crippen LogP contribution is -2.44. The molecule has 0 fully saturated rings. The Balaban J connectivity index is 4.11. The molecule has 3 N–H and O–H groups in total. The zero-order valence-corrected chi connectivity index (χ0v) is 7.21. The van der Waals surface area contributed by atoms with E-state index in [1.165, 1.54) is 13.0 Å². The van der Waals surface area contributed by atoms with Crippen molar-refractivity contribution in [3.05, 3.63) is 12.7 Å². The van der Waals surface area contributed by atoms with Crippen molar-refractivity contribution in [2.24, 2.45) is 5.41 Å². The number of aliphatic hydroxyl groups is 2. The SMILES string of the molecule is C=CCNC(=O)C(C)(CO)CO. The van der Waals surface area contributed by atoms with Crippen LogP contribution in [-0.2, 0) is 4.79 Å². The lowest BCUT2D eigenvalue weighted by atomic mass is 9.92. The third-order valence-corrected chi connectivity index (χ3v) is 1.65. The molecular formula is C8H15NO3. The lowest BCUT2D eigenvalue weighted by Gasteiger charge is -2.22. The van der Waals surface area contributed by atoms with Gasteiger partial charge in [-0.15, -0.1) is 6.58 Å². The number of carbonyl (C=O) groups excluding carboxylic acids is 1. The molecule has 0 saturated heterocycles. The van der Waals surface area contributed by atoms with Crippen molar-refractivity contribution in [1.29, 1.82) is 0 Å². The summed E-state index contributed by atoms with van der Waals surface area (Å²) in [6.45, 7) is 4.52. The van der Waals surface area contributed by atoms with Crippen molar-refractivity contribution in [3.8, 4) is 0 Å². The molecule has 4 nitrogen and oxygen atoms in total. The van der Waals surface area contributed by atoms with E-state index in [1.807, 2.05) is 0 Å². The Hall–Kier alpha value is -0.870. The summed E-state index contributed by atoms with van der Waals surface area (Å²) in [4.78, 5) is 11.2. The fourth-order valence-electron chi connectivity index (χ4n) is 0.572. The van der Waals surface area contributed by atoms with Crippen molar-refractivity contribution >= 4 is 5.91 Å². The number of aliphatic hydroxyl groups excluding tert-OH is 2. The second-order valence-electron chi connectivity index (χ2n) is 2.88. The molecule has 0 aromatic carbocycles. The number of nitrogens with one attached hydrogen (secondary N) is 1. The molecule has 0 aromatic rings. The molecule has 0 spiro atoms. The van der Waals surface area contributed by atoms with E-state index in [-0.39, 0.29) is 19.1 Å². The average molecular weight is 173 g/mol. The van der Waals surface area contributed by atoms with E-state index in [0.29, 0.717) is 6.54 Å². The molecule has 0 unspecified atom stereocenters. The van der Waals surface area contributed by atoms with Gasteiger partial charge in [-0.25, -0.2) is 0 Å². The monoisotopic (exact) mass is 173 g/mol. The molecule has 0 atom stereocenters. The van der Waals surface area contributed by atoms with Crippen molar-refractivity contribution in [1.82, 2.24) is 5.32 Å². The maximum absolute atomic E-state index is 11.2. The van der Waals surface area contributed by atoms with E-state index in [2.05, 4.69) is 11.9 Å². The Morgan fingerprint density at radius 1 is 1.58 bits per heavy atom. The van der Waals surface area contributed by atoms with Gasteiger partial charge in [-0.05, 0) is 6.92 Å². The van der Waals surface area contributed by atoms with Gasteiger partial charge in [0, 0.05) is 6.54 Å². The van der Waals surface area contributed by atoms with Gasteiger partial charge in [0.2, 0.25) is 5.91 Å². The van der Waals surface area contributed by atoms with Gasteiger partial charge in [0.05, 0.1) is 18.6 Å². The Labute approximate surface area is 71.9 Å². The third kappa shape index (κ3) is 2.64. The molecule has 12 heavy (non-hydrogen) atoms. The normalized spacial score (nSPS) is 10.9. The quantitative estimate of drug-likeness (QED) is 0.480. The number of amides is 1. The molecule has 70 valence electrons. The fourth-order valence-corrected chi connectivity index (χ4v) is 0.572. The standard InChI is InChI=1S/C8H15NO3/c1-3-4-9-7(12)8(2,5-10)6-11/h3,10-11H,1,4-6H2,2H3,(H,9,12). The topological polar surface area (TPSA) is 69.6 Å². The maximum Gasteiger partial charge on any atom is 0.230 e. The van der Waals surface area contributed by atoms with Crippen molar-refractivity contribution in [3.63, 3.8) is 0 Å². The second-order valence-corrected chi connectivity index (χ2v) is 2.88. The number of carbonyl (C=O) groups is 1. The molecule has 0 bridgehead atoms. The van der Waals surface area contributed by atoms with Crippen LogP contribution >= 0.6 is 0 Å². The summed E-state index contributed by atoms with van der Waals surface area (Å²) in [5.41, 5.74) is -1.09. The molecule has 0 aliphatic carbocycles. The van der Waals surface area contributed by atoms with Crippen LogP contribution in [0.2, 0.25) is 0 Å². The minimum absolute atomic E-state index is 0.342. The van der Waals surface area contributed by atoms with E-state index < -0.39 is 5.41 Å². The molecule has 0 rings (SSSR count). The van der Waals surface area contributed by atoms with Crippen LogP contribution in [0.15, 0.2) is 12.7 Å². The van der Waals surface area contributed by atoms with Gasteiger partial charge >= 0.3 is 0 Å². The van der Waals surface area contributed by atoms with Crippen molar-refractivity contribution in [2.75, 3.05) is 19.8 Å². The van der Waals surface area contributed by atoms with Crippen LogP contribution in [0.3, 0.4) is 0 Å². The van der Waals surface area contributed by atoms with Gasteiger partial charge < -0.3 is 15.5 Å². The van der Waals surface area contributed by atoms with Gasteiger partial charge in [-0.1, -0.05) is 6.08 Å². The highest BCUT2D eigenvalue weighted by Gasteiger charge is 2.31. The first kappa shape index (κ1) is 11.1. The molecule has 0 aliphatic rings. The highest BCUT2D eigenvalue weighted by molar-refractivity contribution is 5.82. The number of rotatable bonds is 5. The van der Waals surface area contributed by atoms with E-state index in [0.717, 1.165) is 0 Å². The van der Waals surface area contributed by atoms with Gasteiger partial charge in [-0.3, -0.25) is 4.79 Å². The number of hydrogen-bond donors (Lipinski definition) is 3. The molecule has 0 aliphatic heterocycles. The first-order chi connectivity index (χ1) is 5.60. The van der Waals surface area contributed by atoms with Crippen LogP contribution < -0.4 is 5.32 Å². The van der Waals surface area contributed by atoms with Crippen LogP contribution in [-0.4, -0.2) is 35.9 Å². The summed E-state index contributed by atoms with van der Waals surface area (Å²) in [7, 11) is 0. The zero-order valence-electron chi connectivity index (χ0n) is 7.21. The molecule has 0 heterocycles. The van der Waals surface area contributed by atoms with Crippen molar-refractivity contribution < 1.29 is 15.0 Å². The van der Waals surface area contributed by atoms with Crippen LogP contribution in [0.4, 0.5) is 0 Å². The fraction of sp³-hybridized carbons (Fsp3) is 0.625. The molecular weight excluding hydrogens is 158 g/mol. The van der Waals surface area contributed by atoms with Crippen LogP contribution in [0.1, 0.15) is 6.92 Å². The summed E-state index contributed by atoms with van der Waals surface area (Å²) in [6, 6.07) is 0. The number of hydrogen-bond acceptors (Lipinski definition) is 3. The maximum atomic E-state index is 11.2. The Kier molecular flexibility index (Phi) is 4.54. The van der Waals surface area contributed by atoms with Gasteiger partial charge in [0.1, 0.15) is 0 Å². The van der Waals surface area contributed by atoms with E-state index in [4.69, 9.17) is 10.2 Å². The largest absolute Gasteiger partial charge is 0.395 e. The summed E-state index contributed by atoms with van der Waals surface area (Å²) >= 11 is 0. The minimum atomic E-state index is -1.09. The Bertz CT molecular complexity index is 164. The highest BCUT2D eigenvalue weighted by Crippen LogP contribution is 2.13. The summed E-state index contributed by atoms with van der Waals surface area (Å²) in [5.74, 6) is -0.368. The van der Waals surface area contributed by atoms with E-state index in [1.54, 1.807) is 0 Å². The summed E-state index contributed by atoms with van der Waals surface area (Å²) in [5, 5.41) is 20.1. The molecule has 4 heteroatoms. The van der Waals surface area contributed by atoms with Gasteiger partial charge in [0.15, 0.2) is 0 Å². The minimum Gasteiger partial charge on any atom is -0.395 e. The first-order valence-electron chi connectivity index (χ1n) is 3.71. The zero-order chi connectivity index (χ0) is 9.61. The third-order valence-electron chi connectivity index (χ3n) is 1.65.